The number of aryl methyl sites for hydroxylation is 2. The van der Waals surface area contributed by atoms with Gasteiger partial charge in [-0.05, 0) is 32.8 Å². The lowest BCUT2D eigenvalue weighted by Crippen LogP contribution is -2.34. The first kappa shape index (κ1) is 13.2. The molecule has 0 aliphatic heterocycles. The van der Waals surface area contributed by atoms with Crippen LogP contribution in [0, 0.1) is 19.8 Å². The number of hydrogen-bond donors (Lipinski definition) is 0. The monoisotopic (exact) mass is 239 g/mol. The van der Waals surface area contributed by atoms with Crippen LogP contribution in [0.4, 0.5) is 0 Å². The number of thiophene rings is 1. The van der Waals surface area contributed by atoms with Crippen molar-refractivity contribution in [2.45, 2.75) is 34.6 Å². The third-order valence-corrected chi connectivity index (χ3v) is 3.49. The molecule has 0 fully saturated rings. The maximum absolute atomic E-state index is 12.3. The molecule has 0 radical (unpaired) electrons. The Hall–Kier alpha value is -0.830. The smallest absolute Gasteiger partial charge is 0.254 e. The zero-order valence-electron chi connectivity index (χ0n) is 10.8. The number of carbonyl (C=O) groups is 1. The lowest BCUT2D eigenvalue weighted by atomic mass is 10.1. The number of nitrogens with zero attached hydrogens (tertiary/aromatic N) is 1. The predicted octanol–water partition coefficient (Wildman–Crippen LogP) is 3.48. The van der Waals surface area contributed by atoms with Crippen molar-refractivity contribution >= 4 is 17.2 Å². The van der Waals surface area contributed by atoms with Crippen LogP contribution in [0.5, 0.6) is 0 Å². The largest absolute Gasteiger partial charge is 0.339 e. The van der Waals surface area contributed by atoms with Crippen LogP contribution in [0.2, 0.25) is 0 Å². The molecule has 1 aromatic heterocycles. The Bertz CT molecular complexity index is 368. The average molecular weight is 239 g/mol. The van der Waals surface area contributed by atoms with E-state index >= 15 is 0 Å². The molecule has 0 unspecified atom stereocenters. The lowest BCUT2D eigenvalue weighted by Gasteiger charge is -2.22. The van der Waals surface area contributed by atoms with E-state index in [2.05, 4.69) is 13.8 Å². The van der Waals surface area contributed by atoms with E-state index in [1.807, 2.05) is 31.7 Å². The van der Waals surface area contributed by atoms with Crippen LogP contribution < -0.4 is 0 Å². The zero-order valence-corrected chi connectivity index (χ0v) is 11.6. The van der Waals surface area contributed by atoms with Crippen molar-refractivity contribution in [1.82, 2.24) is 4.90 Å². The molecule has 0 spiro atoms. The van der Waals surface area contributed by atoms with Crippen molar-refractivity contribution in [3.63, 3.8) is 0 Å². The summed E-state index contributed by atoms with van der Waals surface area (Å²) in [7, 11) is 0. The fourth-order valence-corrected chi connectivity index (χ4v) is 2.73. The van der Waals surface area contributed by atoms with Gasteiger partial charge in [-0.15, -0.1) is 11.3 Å². The van der Waals surface area contributed by atoms with E-state index in [1.165, 1.54) is 4.88 Å². The second-order valence-electron chi connectivity index (χ2n) is 4.56. The molecule has 3 heteroatoms. The summed E-state index contributed by atoms with van der Waals surface area (Å²) in [5, 5.41) is 0. The molecule has 0 aromatic carbocycles. The molecule has 0 atom stereocenters. The summed E-state index contributed by atoms with van der Waals surface area (Å²) in [6.45, 7) is 12.0. The van der Waals surface area contributed by atoms with Gasteiger partial charge in [0.25, 0.3) is 5.91 Å². The quantitative estimate of drug-likeness (QED) is 0.787. The Labute approximate surface area is 102 Å². The highest BCUT2D eigenvalue weighted by Gasteiger charge is 2.18. The Morgan fingerprint density at radius 2 is 2.06 bits per heavy atom. The van der Waals surface area contributed by atoms with E-state index in [1.54, 1.807) is 11.3 Å². The fourth-order valence-electron chi connectivity index (χ4n) is 1.81. The standard InChI is InChI=1S/C13H21NOS/c1-6-14(8-9(2)3)13(15)12-7-10(4)16-11(12)5/h7,9H,6,8H2,1-5H3. The van der Waals surface area contributed by atoms with Crippen LogP contribution in [0.15, 0.2) is 6.07 Å². The van der Waals surface area contributed by atoms with Crippen molar-refractivity contribution < 1.29 is 4.79 Å². The minimum atomic E-state index is 0.179. The lowest BCUT2D eigenvalue weighted by molar-refractivity contribution is 0.0745. The van der Waals surface area contributed by atoms with Gasteiger partial charge in [-0.2, -0.15) is 0 Å². The summed E-state index contributed by atoms with van der Waals surface area (Å²) in [5.74, 6) is 0.696. The number of hydrogen-bond acceptors (Lipinski definition) is 2. The molecule has 0 bridgehead atoms. The molecular weight excluding hydrogens is 218 g/mol. The van der Waals surface area contributed by atoms with Crippen molar-refractivity contribution in [2.75, 3.05) is 13.1 Å². The summed E-state index contributed by atoms with van der Waals surface area (Å²) in [4.78, 5) is 16.5. The van der Waals surface area contributed by atoms with E-state index in [9.17, 15) is 4.79 Å². The van der Waals surface area contributed by atoms with Crippen molar-refractivity contribution in [1.29, 1.82) is 0 Å². The molecule has 0 aliphatic carbocycles. The molecule has 90 valence electrons. The van der Waals surface area contributed by atoms with E-state index in [0.717, 1.165) is 23.5 Å². The Balaban J connectivity index is 2.86. The highest BCUT2D eigenvalue weighted by atomic mass is 32.1. The van der Waals surface area contributed by atoms with Gasteiger partial charge in [0.1, 0.15) is 0 Å². The van der Waals surface area contributed by atoms with Crippen LogP contribution in [-0.4, -0.2) is 23.9 Å². The molecule has 0 N–H and O–H groups in total. The van der Waals surface area contributed by atoms with Crippen LogP contribution in [0.25, 0.3) is 0 Å². The Morgan fingerprint density at radius 1 is 1.44 bits per heavy atom. The Kier molecular flexibility index (Phi) is 4.54. The van der Waals surface area contributed by atoms with Crippen LogP contribution in [0.1, 0.15) is 40.9 Å². The molecule has 0 saturated heterocycles. The third kappa shape index (κ3) is 3.08. The summed E-state index contributed by atoms with van der Waals surface area (Å²) in [5.41, 5.74) is 0.880. The third-order valence-electron chi connectivity index (χ3n) is 2.53. The summed E-state index contributed by atoms with van der Waals surface area (Å²) < 4.78 is 0. The van der Waals surface area contributed by atoms with Gasteiger partial charge in [-0.25, -0.2) is 0 Å². The molecule has 1 rings (SSSR count). The van der Waals surface area contributed by atoms with E-state index in [0.29, 0.717) is 5.92 Å². The van der Waals surface area contributed by atoms with E-state index in [4.69, 9.17) is 0 Å². The second-order valence-corrected chi connectivity index (χ2v) is 6.02. The molecule has 2 nitrogen and oxygen atoms in total. The number of carbonyl (C=O) groups excluding carboxylic acids is 1. The van der Waals surface area contributed by atoms with Gasteiger partial charge in [-0.1, -0.05) is 13.8 Å². The molecule has 0 aliphatic rings. The predicted molar refractivity (Wildman–Crippen MR) is 70.2 cm³/mol. The van der Waals surface area contributed by atoms with Crippen molar-refractivity contribution in [2.24, 2.45) is 5.92 Å². The molecule has 16 heavy (non-hydrogen) atoms. The highest BCUT2D eigenvalue weighted by Crippen LogP contribution is 2.22. The maximum atomic E-state index is 12.3. The van der Waals surface area contributed by atoms with Gasteiger partial charge < -0.3 is 4.90 Å². The van der Waals surface area contributed by atoms with Crippen LogP contribution >= 0.6 is 11.3 Å². The average Bonchev–Trinajstić information content (AvgIpc) is 2.53. The minimum absolute atomic E-state index is 0.179. The first-order valence-electron chi connectivity index (χ1n) is 5.82. The zero-order chi connectivity index (χ0) is 12.3. The van der Waals surface area contributed by atoms with Gasteiger partial charge in [0.2, 0.25) is 0 Å². The van der Waals surface area contributed by atoms with Crippen LogP contribution in [-0.2, 0) is 0 Å². The fraction of sp³-hybridized carbons (Fsp3) is 0.615. The van der Waals surface area contributed by atoms with Gasteiger partial charge in [0, 0.05) is 22.8 Å². The first-order valence-corrected chi connectivity index (χ1v) is 6.63. The second kappa shape index (κ2) is 5.48. The van der Waals surface area contributed by atoms with E-state index < -0.39 is 0 Å². The minimum Gasteiger partial charge on any atom is -0.339 e. The Morgan fingerprint density at radius 3 is 2.44 bits per heavy atom. The molecule has 1 aromatic rings. The van der Waals surface area contributed by atoms with Gasteiger partial charge >= 0.3 is 0 Å². The first-order chi connectivity index (χ1) is 7.45. The number of rotatable bonds is 4. The molecular formula is C13H21NOS. The summed E-state index contributed by atoms with van der Waals surface area (Å²) in [6.07, 6.45) is 0. The highest BCUT2D eigenvalue weighted by molar-refractivity contribution is 7.12. The SMILES string of the molecule is CCN(CC(C)C)C(=O)c1cc(C)sc1C. The normalized spacial score (nSPS) is 10.9. The van der Waals surface area contributed by atoms with Gasteiger partial charge in [0.05, 0.1) is 5.56 Å². The maximum Gasteiger partial charge on any atom is 0.254 e. The van der Waals surface area contributed by atoms with Crippen LogP contribution in [0.3, 0.4) is 0 Å². The van der Waals surface area contributed by atoms with Crippen molar-refractivity contribution in [3.8, 4) is 0 Å². The molecule has 1 amide bonds. The summed E-state index contributed by atoms with van der Waals surface area (Å²) >= 11 is 1.70. The number of amides is 1. The van der Waals surface area contributed by atoms with Gasteiger partial charge in [0.15, 0.2) is 0 Å². The topological polar surface area (TPSA) is 20.3 Å². The molecule has 0 saturated carbocycles. The summed E-state index contributed by atoms with van der Waals surface area (Å²) in [6, 6.07) is 2.01. The van der Waals surface area contributed by atoms with Gasteiger partial charge in [-0.3, -0.25) is 4.79 Å². The van der Waals surface area contributed by atoms with Crippen molar-refractivity contribution in [3.05, 3.63) is 21.4 Å². The van der Waals surface area contributed by atoms with E-state index in [-0.39, 0.29) is 5.91 Å². The molecule has 1 heterocycles.